The van der Waals surface area contributed by atoms with Crippen molar-refractivity contribution >= 4 is 34.8 Å². The van der Waals surface area contributed by atoms with Crippen LogP contribution in [0.5, 0.6) is 0 Å². The Balaban J connectivity index is 1.83. The zero-order chi connectivity index (χ0) is 14.8. The van der Waals surface area contributed by atoms with Crippen LogP contribution in [0.1, 0.15) is 35.3 Å². The molecule has 0 radical (unpaired) electrons. The molecule has 1 aliphatic heterocycles. The van der Waals surface area contributed by atoms with Crippen LogP contribution in [0.15, 0.2) is 39.9 Å². The molecule has 0 amide bonds. The van der Waals surface area contributed by atoms with E-state index in [9.17, 15) is 4.79 Å². The van der Waals surface area contributed by atoms with E-state index in [0.29, 0.717) is 16.9 Å². The minimum absolute atomic E-state index is 0.301. The Labute approximate surface area is 132 Å². The highest BCUT2D eigenvalue weighted by Gasteiger charge is 2.26. The third-order valence-electron chi connectivity index (χ3n) is 3.53. The molecule has 1 unspecified atom stereocenters. The molecule has 0 spiro atoms. The standard InChI is InChI=1S/C16H17NO2S2/c1-10-8-14(13-6-7-20-16(13)21-10)17-12-5-3-4-11(9-12)15(18)19-2/h3-7,9-10,14,17H,8H2,1-2H3/t10-,14?/m0/s1. The number of rotatable bonds is 3. The maximum absolute atomic E-state index is 11.6. The van der Waals surface area contributed by atoms with Gasteiger partial charge in [-0.05, 0) is 41.6 Å². The van der Waals surface area contributed by atoms with Gasteiger partial charge in [0.1, 0.15) is 0 Å². The lowest BCUT2D eigenvalue weighted by atomic mass is 10.0. The average Bonchev–Trinajstić information content (AvgIpc) is 2.95. The number of anilines is 1. The monoisotopic (exact) mass is 319 g/mol. The number of hydrogen-bond donors (Lipinski definition) is 1. The number of thioether (sulfide) groups is 1. The van der Waals surface area contributed by atoms with Gasteiger partial charge in [0.25, 0.3) is 0 Å². The van der Waals surface area contributed by atoms with Crippen LogP contribution in [0.4, 0.5) is 5.69 Å². The predicted octanol–water partition coefficient (Wildman–Crippen LogP) is 4.57. The Morgan fingerprint density at radius 1 is 1.38 bits per heavy atom. The van der Waals surface area contributed by atoms with Crippen LogP contribution in [0.3, 0.4) is 0 Å². The third kappa shape index (κ3) is 3.09. The van der Waals surface area contributed by atoms with Crippen molar-refractivity contribution in [3.63, 3.8) is 0 Å². The van der Waals surface area contributed by atoms with Crippen molar-refractivity contribution < 1.29 is 9.53 Å². The second kappa shape index (κ2) is 6.12. The molecule has 2 aromatic rings. The summed E-state index contributed by atoms with van der Waals surface area (Å²) in [5, 5.41) is 6.30. The second-order valence-electron chi connectivity index (χ2n) is 5.10. The van der Waals surface area contributed by atoms with Gasteiger partial charge in [-0.3, -0.25) is 0 Å². The van der Waals surface area contributed by atoms with Gasteiger partial charge in [-0.15, -0.1) is 23.1 Å². The summed E-state index contributed by atoms with van der Waals surface area (Å²) in [7, 11) is 1.40. The highest BCUT2D eigenvalue weighted by Crippen LogP contribution is 2.44. The molecular weight excluding hydrogens is 302 g/mol. The molecule has 2 heterocycles. The Morgan fingerprint density at radius 2 is 2.24 bits per heavy atom. The van der Waals surface area contributed by atoms with Crippen LogP contribution in [-0.4, -0.2) is 18.3 Å². The van der Waals surface area contributed by atoms with E-state index in [1.54, 1.807) is 17.4 Å². The maximum Gasteiger partial charge on any atom is 0.337 e. The minimum Gasteiger partial charge on any atom is -0.465 e. The lowest BCUT2D eigenvalue weighted by Crippen LogP contribution is -2.19. The van der Waals surface area contributed by atoms with Gasteiger partial charge in [0.05, 0.1) is 22.9 Å². The minimum atomic E-state index is -0.303. The number of benzene rings is 1. The molecule has 0 aliphatic carbocycles. The Hall–Kier alpha value is -1.46. The molecule has 3 rings (SSSR count). The van der Waals surface area contributed by atoms with Crippen LogP contribution >= 0.6 is 23.1 Å². The fourth-order valence-corrected chi connectivity index (χ4v) is 5.11. The number of fused-ring (bicyclic) bond motifs is 1. The number of carbonyl (C=O) groups is 1. The predicted molar refractivity (Wildman–Crippen MR) is 88.4 cm³/mol. The van der Waals surface area contributed by atoms with Crippen molar-refractivity contribution in [1.29, 1.82) is 0 Å². The summed E-state index contributed by atoms with van der Waals surface area (Å²) in [6.07, 6.45) is 1.08. The molecule has 110 valence electrons. The molecule has 0 saturated heterocycles. The SMILES string of the molecule is COC(=O)c1cccc(NC2C[C@H](C)Sc3sccc32)c1. The fourth-order valence-electron chi connectivity index (χ4n) is 2.54. The van der Waals surface area contributed by atoms with E-state index in [1.165, 1.54) is 16.9 Å². The normalized spacial score (nSPS) is 20.7. The summed E-state index contributed by atoms with van der Waals surface area (Å²) in [5.74, 6) is -0.303. The fraction of sp³-hybridized carbons (Fsp3) is 0.312. The van der Waals surface area contributed by atoms with Crippen LogP contribution in [0, 0.1) is 0 Å². The molecule has 1 aromatic carbocycles. The molecular formula is C16H17NO2S2. The molecule has 0 saturated carbocycles. The van der Waals surface area contributed by atoms with Gasteiger partial charge >= 0.3 is 5.97 Å². The van der Waals surface area contributed by atoms with Crippen molar-refractivity contribution in [3.05, 3.63) is 46.8 Å². The number of nitrogens with one attached hydrogen (secondary N) is 1. The van der Waals surface area contributed by atoms with E-state index in [2.05, 4.69) is 23.7 Å². The first-order chi connectivity index (χ1) is 10.2. The third-order valence-corrected chi connectivity index (χ3v) is 5.88. The van der Waals surface area contributed by atoms with Gasteiger partial charge in [-0.2, -0.15) is 0 Å². The van der Waals surface area contributed by atoms with Crippen molar-refractivity contribution in [1.82, 2.24) is 0 Å². The highest BCUT2D eigenvalue weighted by atomic mass is 32.2. The molecule has 1 aromatic heterocycles. The van der Waals surface area contributed by atoms with Crippen LogP contribution in [-0.2, 0) is 4.74 Å². The molecule has 1 aliphatic rings. The first-order valence-corrected chi connectivity index (χ1v) is 8.62. The smallest absolute Gasteiger partial charge is 0.337 e. The Kier molecular flexibility index (Phi) is 4.22. The summed E-state index contributed by atoms with van der Waals surface area (Å²) in [6.45, 7) is 2.26. The first kappa shape index (κ1) is 14.5. The van der Waals surface area contributed by atoms with E-state index < -0.39 is 0 Å². The molecule has 0 bridgehead atoms. The van der Waals surface area contributed by atoms with E-state index in [1.807, 2.05) is 30.0 Å². The van der Waals surface area contributed by atoms with Gasteiger partial charge in [-0.1, -0.05) is 13.0 Å². The highest BCUT2D eigenvalue weighted by molar-refractivity contribution is 8.01. The Morgan fingerprint density at radius 3 is 3.05 bits per heavy atom. The van der Waals surface area contributed by atoms with Crippen LogP contribution in [0.25, 0.3) is 0 Å². The molecule has 2 atom stereocenters. The van der Waals surface area contributed by atoms with Crippen molar-refractivity contribution in [2.24, 2.45) is 0 Å². The van der Waals surface area contributed by atoms with E-state index >= 15 is 0 Å². The van der Waals surface area contributed by atoms with Gasteiger partial charge in [0.15, 0.2) is 0 Å². The largest absolute Gasteiger partial charge is 0.465 e. The molecule has 5 heteroatoms. The van der Waals surface area contributed by atoms with Crippen molar-refractivity contribution in [2.75, 3.05) is 12.4 Å². The van der Waals surface area contributed by atoms with Gasteiger partial charge < -0.3 is 10.1 Å². The number of carbonyl (C=O) groups excluding carboxylic acids is 1. The van der Waals surface area contributed by atoms with Crippen molar-refractivity contribution in [3.8, 4) is 0 Å². The Bertz CT molecular complexity index is 653. The number of methoxy groups -OCH3 is 1. The molecule has 1 N–H and O–H groups in total. The molecule has 3 nitrogen and oxygen atoms in total. The van der Waals surface area contributed by atoms with Crippen LogP contribution < -0.4 is 5.32 Å². The number of ether oxygens (including phenoxy) is 1. The maximum atomic E-state index is 11.6. The zero-order valence-corrected chi connectivity index (χ0v) is 13.6. The summed E-state index contributed by atoms with van der Waals surface area (Å²) in [5.41, 5.74) is 2.90. The first-order valence-electron chi connectivity index (χ1n) is 6.86. The molecule has 21 heavy (non-hydrogen) atoms. The van der Waals surface area contributed by atoms with Crippen molar-refractivity contribution in [2.45, 2.75) is 28.8 Å². The number of thiophene rings is 1. The average molecular weight is 319 g/mol. The summed E-state index contributed by atoms with van der Waals surface area (Å²) in [4.78, 5) is 11.6. The number of esters is 1. The summed E-state index contributed by atoms with van der Waals surface area (Å²) >= 11 is 3.75. The van der Waals surface area contributed by atoms with E-state index in [-0.39, 0.29) is 5.97 Å². The quantitative estimate of drug-likeness (QED) is 0.841. The van der Waals surface area contributed by atoms with Gasteiger partial charge in [0, 0.05) is 10.9 Å². The summed E-state index contributed by atoms with van der Waals surface area (Å²) < 4.78 is 6.17. The lowest BCUT2D eigenvalue weighted by molar-refractivity contribution is 0.0601. The topological polar surface area (TPSA) is 38.3 Å². The van der Waals surface area contributed by atoms with Gasteiger partial charge in [-0.25, -0.2) is 4.79 Å². The zero-order valence-electron chi connectivity index (χ0n) is 12.0. The molecule has 0 fully saturated rings. The van der Waals surface area contributed by atoms with Gasteiger partial charge in [0.2, 0.25) is 0 Å². The van der Waals surface area contributed by atoms with Crippen LogP contribution in [0.2, 0.25) is 0 Å². The van der Waals surface area contributed by atoms with E-state index in [4.69, 9.17) is 4.74 Å². The van der Waals surface area contributed by atoms with E-state index in [0.717, 1.165) is 12.1 Å². The summed E-state index contributed by atoms with van der Waals surface area (Å²) in [6, 6.07) is 9.99. The second-order valence-corrected chi connectivity index (χ2v) is 7.72. The lowest BCUT2D eigenvalue weighted by Gasteiger charge is -2.28. The number of hydrogen-bond acceptors (Lipinski definition) is 5.